The molecule has 0 aliphatic heterocycles. The first-order valence-corrected chi connectivity index (χ1v) is 6.01. The van der Waals surface area contributed by atoms with Gasteiger partial charge in [-0.1, -0.05) is 0 Å². The molecule has 1 heterocycles. The molecule has 1 aromatic carbocycles. The van der Waals surface area contributed by atoms with Crippen molar-refractivity contribution >= 4 is 35.0 Å². The van der Waals surface area contributed by atoms with Crippen molar-refractivity contribution in [2.45, 2.75) is 0 Å². The van der Waals surface area contributed by atoms with Gasteiger partial charge in [-0.05, 0) is 24.3 Å². The van der Waals surface area contributed by atoms with Gasteiger partial charge in [0.2, 0.25) is 0 Å². The Hall–Kier alpha value is -2.15. The van der Waals surface area contributed by atoms with Crippen LogP contribution in [0.25, 0.3) is 0 Å². The molecule has 0 atom stereocenters. The largest absolute Gasteiger partial charge is 0.378 e. The molecule has 94 valence electrons. The monoisotopic (exact) mass is 263 g/mol. The predicted molar refractivity (Wildman–Crippen MR) is 73.3 cm³/mol. The van der Waals surface area contributed by atoms with Crippen LogP contribution >= 0.6 is 11.7 Å². The van der Waals surface area contributed by atoms with Crippen molar-refractivity contribution < 1.29 is 4.79 Å². The van der Waals surface area contributed by atoms with E-state index in [1.165, 1.54) is 6.20 Å². The van der Waals surface area contributed by atoms with E-state index in [1.807, 2.05) is 43.3 Å². The number of carbonyl (C=O) groups is 1. The number of aromatic nitrogens is 2. The molecular formula is C11H13N5OS. The highest BCUT2D eigenvalue weighted by Gasteiger charge is 2.04. The molecule has 2 rings (SSSR count). The molecule has 0 unspecified atom stereocenters. The third-order valence-electron chi connectivity index (χ3n) is 2.24. The summed E-state index contributed by atoms with van der Waals surface area (Å²) in [5.74, 6) is 0.447. The number of hydrogen-bond donors (Lipinski definition) is 2. The number of hydrogen-bond acceptors (Lipinski definition) is 5. The van der Waals surface area contributed by atoms with Crippen LogP contribution in [0.5, 0.6) is 0 Å². The highest BCUT2D eigenvalue weighted by molar-refractivity contribution is 6.99. The molecule has 2 amide bonds. The molecule has 0 saturated heterocycles. The van der Waals surface area contributed by atoms with E-state index in [-0.39, 0.29) is 6.03 Å². The smallest absolute Gasteiger partial charge is 0.324 e. The summed E-state index contributed by atoms with van der Waals surface area (Å²) < 4.78 is 7.68. The van der Waals surface area contributed by atoms with Crippen LogP contribution in [-0.4, -0.2) is 28.9 Å². The lowest BCUT2D eigenvalue weighted by molar-refractivity contribution is 0.262. The number of anilines is 3. The third-order valence-corrected chi connectivity index (χ3v) is 2.72. The molecular weight excluding hydrogens is 250 g/mol. The predicted octanol–water partition coefficient (Wildman–Crippen LogP) is 2.25. The van der Waals surface area contributed by atoms with E-state index >= 15 is 0 Å². The minimum Gasteiger partial charge on any atom is -0.378 e. The van der Waals surface area contributed by atoms with E-state index < -0.39 is 0 Å². The standard InChI is InChI=1S/C11H13N5OS/c1-16(2)9-5-3-8(4-6-9)13-11(17)14-10-7-12-18-15-10/h3-7H,1-2H3,(H2,13,14,15,17). The number of amides is 2. The summed E-state index contributed by atoms with van der Waals surface area (Å²) in [6, 6.07) is 7.21. The number of urea groups is 1. The number of benzene rings is 1. The van der Waals surface area contributed by atoms with Crippen molar-refractivity contribution in [2.75, 3.05) is 29.6 Å². The zero-order valence-electron chi connectivity index (χ0n) is 10.0. The van der Waals surface area contributed by atoms with E-state index in [9.17, 15) is 4.79 Å². The van der Waals surface area contributed by atoms with Crippen LogP contribution in [0.2, 0.25) is 0 Å². The van der Waals surface area contributed by atoms with Crippen LogP contribution in [0.1, 0.15) is 0 Å². The van der Waals surface area contributed by atoms with Crippen LogP contribution in [0.3, 0.4) is 0 Å². The molecule has 18 heavy (non-hydrogen) atoms. The van der Waals surface area contributed by atoms with Crippen molar-refractivity contribution in [1.82, 2.24) is 8.75 Å². The Morgan fingerprint density at radius 1 is 1.22 bits per heavy atom. The van der Waals surface area contributed by atoms with E-state index in [2.05, 4.69) is 19.4 Å². The van der Waals surface area contributed by atoms with Gasteiger partial charge in [-0.25, -0.2) is 4.79 Å². The van der Waals surface area contributed by atoms with Crippen LogP contribution in [0, 0.1) is 0 Å². The second-order valence-electron chi connectivity index (χ2n) is 3.81. The van der Waals surface area contributed by atoms with Gasteiger partial charge in [0.15, 0.2) is 5.82 Å². The highest BCUT2D eigenvalue weighted by atomic mass is 32.1. The lowest BCUT2D eigenvalue weighted by Crippen LogP contribution is -2.19. The van der Waals surface area contributed by atoms with Crippen molar-refractivity contribution in [3.8, 4) is 0 Å². The fourth-order valence-electron chi connectivity index (χ4n) is 1.34. The van der Waals surface area contributed by atoms with Crippen molar-refractivity contribution in [3.05, 3.63) is 30.5 Å². The quantitative estimate of drug-likeness (QED) is 0.891. The first kappa shape index (κ1) is 12.3. The second kappa shape index (κ2) is 5.46. The van der Waals surface area contributed by atoms with E-state index in [1.54, 1.807) is 0 Å². The van der Waals surface area contributed by atoms with Crippen LogP contribution in [0.4, 0.5) is 22.0 Å². The number of rotatable bonds is 3. The van der Waals surface area contributed by atoms with Gasteiger partial charge < -0.3 is 10.2 Å². The summed E-state index contributed by atoms with van der Waals surface area (Å²) in [5.41, 5.74) is 1.80. The lowest BCUT2D eigenvalue weighted by Gasteiger charge is -2.13. The Morgan fingerprint density at radius 3 is 2.50 bits per heavy atom. The van der Waals surface area contributed by atoms with Crippen LogP contribution in [-0.2, 0) is 0 Å². The Balaban J connectivity index is 1.95. The molecule has 0 spiro atoms. The fraction of sp³-hybridized carbons (Fsp3) is 0.182. The summed E-state index contributed by atoms with van der Waals surface area (Å²) in [7, 11) is 3.93. The topological polar surface area (TPSA) is 70.2 Å². The molecule has 1 aromatic heterocycles. The van der Waals surface area contributed by atoms with E-state index in [4.69, 9.17) is 0 Å². The van der Waals surface area contributed by atoms with Gasteiger partial charge in [-0.15, -0.1) is 0 Å². The molecule has 6 nitrogen and oxygen atoms in total. The molecule has 0 aliphatic carbocycles. The summed E-state index contributed by atoms with van der Waals surface area (Å²) >= 11 is 1.05. The van der Waals surface area contributed by atoms with Crippen molar-refractivity contribution in [2.24, 2.45) is 0 Å². The molecule has 0 radical (unpaired) electrons. The van der Waals surface area contributed by atoms with Gasteiger partial charge >= 0.3 is 6.03 Å². The minimum atomic E-state index is -0.333. The maximum absolute atomic E-state index is 11.6. The summed E-state index contributed by atoms with van der Waals surface area (Å²) in [5, 5.41) is 5.30. The van der Waals surface area contributed by atoms with Gasteiger partial charge in [-0.3, -0.25) is 5.32 Å². The van der Waals surface area contributed by atoms with Gasteiger partial charge in [0.1, 0.15) is 0 Å². The number of carbonyl (C=O) groups excluding carboxylic acids is 1. The molecule has 0 saturated carbocycles. The average Bonchev–Trinajstić information content (AvgIpc) is 2.82. The third kappa shape index (κ3) is 3.17. The first-order chi connectivity index (χ1) is 8.65. The Labute approximate surface area is 109 Å². The zero-order valence-corrected chi connectivity index (χ0v) is 10.9. The first-order valence-electron chi connectivity index (χ1n) is 5.28. The fourth-order valence-corrected chi connectivity index (χ4v) is 1.72. The second-order valence-corrected chi connectivity index (χ2v) is 4.37. The zero-order chi connectivity index (χ0) is 13.0. The molecule has 7 heteroatoms. The molecule has 0 aliphatic rings. The molecule has 2 aromatic rings. The van der Waals surface area contributed by atoms with Crippen molar-refractivity contribution in [1.29, 1.82) is 0 Å². The summed E-state index contributed by atoms with van der Waals surface area (Å²) in [6.07, 6.45) is 1.50. The van der Waals surface area contributed by atoms with E-state index in [0.29, 0.717) is 5.82 Å². The van der Waals surface area contributed by atoms with Gasteiger partial charge in [0.05, 0.1) is 17.9 Å². The Bertz CT molecular complexity index is 509. The summed E-state index contributed by atoms with van der Waals surface area (Å²) in [4.78, 5) is 13.6. The van der Waals surface area contributed by atoms with E-state index in [0.717, 1.165) is 23.1 Å². The summed E-state index contributed by atoms with van der Waals surface area (Å²) in [6.45, 7) is 0. The number of nitrogens with one attached hydrogen (secondary N) is 2. The van der Waals surface area contributed by atoms with Gasteiger partial charge in [0, 0.05) is 25.5 Å². The maximum atomic E-state index is 11.6. The number of nitrogens with zero attached hydrogens (tertiary/aromatic N) is 3. The van der Waals surface area contributed by atoms with Crippen molar-refractivity contribution in [3.63, 3.8) is 0 Å². The van der Waals surface area contributed by atoms with Crippen LogP contribution in [0.15, 0.2) is 30.5 Å². The van der Waals surface area contributed by atoms with Crippen LogP contribution < -0.4 is 15.5 Å². The Kier molecular flexibility index (Phi) is 3.73. The Morgan fingerprint density at radius 2 is 1.94 bits per heavy atom. The average molecular weight is 263 g/mol. The van der Waals surface area contributed by atoms with Gasteiger partial charge in [-0.2, -0.15) is 8.75 Å². The highest BCUT2D eigenvalue weighted by Crippen LogP contribution is 2.15. The lowest BCUT2D eigenvalue weighted by atomic mass is 10.2. The molecule has 0 fully saturated rings. The molecule has 2 N–H and O–H groups in total. The minimum absolute atomic E-state index is 0.333. The molecule has 0 bridgehead atoms. The SMILES string of the molecule is CN(C)c1ccc(NC(=O)Nc2cnsn2)cc1. The maximum Gasteiger partial charge on any atom is 0.324 e. The normalized spacial score (nSPS) is 9.89. The van der Waals surface area contributed by atoms with Gasteiger partial charge in [0.25, 0.3) is 0 Å².